The summed E-state index contributed by atoms with van der Waals surface area (Å²) in [5.41, 5.74) is 1.84. The molecule has 126 valence electrons. The summed E-state index contributed by atoms with van der Waals surface area (Å²) in [4.78, 5) is 10.9. The number of nitrogens with zero attached hydrogens (tertiary/aromatic N) is 3. The van der Waals surface area contributed by atoms with E-state index in [-0.39, 0.29) is 22.1 Å². The van der Waals surface area contributed by atoms with Crippen molar-refractivity contribution in [2.75, 3.05) is 0 Å². The van der Waals surface area contributed by atoms with Crippen LogP contribution in [0.3, 0.4) is 0 Å². The number of aliphatic carboxylic acids is 1. The van der Waals surface area contributed by atoms with E-state index in [2.05, 4.69) is 5.10 Å². The van der Waals surface area contributed by atoms with Crippen LogP contribution in [0.15, 0.2) is 12.1 Å². The van der Waals surface area contributed by atoms with Crippen molar-refractivity contribution in [3.63, 3.8) is 0 Å². The number of carbonyl (C=O) groups is 1. The maximum absolute atomic E-state index is 10.9. The molecule has 0 amide bonds. The molecule has 0 fully saturated rings. The molecule has 2 rings (SSSR count). The van der Waals surface area contributed by atoms with Crippen LogP contribution in [-0.2, 0) is 11.8 Å². The second-order valence-electron chi connectivity index (χ2n) is 5.23. The minimum Gasteiger partial charge on any atom is -0.479 e. The minimum absolute atomic E-state index is 0.122. The number of nitriles is 1. The average molecular weight is 350 g/mol. The van der Waals surface area contributed by atoms with Gasteiger partial charge in [-0.05, 0) is 26.8 Å². The minimum atomic E-state index is -1.13. The third-order valence-corrected chi connectivity index (χ3v) is 3.77. The summed E-state index contributed by atoms with van der Waals surface area (Å²) in [6, 6.07) is 4.77. The van der Waals surface area contributed by atoms with Gasteiger partial charge in [0.25, 0.3) is 0 Å². The SMILES string of the molecule is Cc1nn(C)c(Oc2cc(O[C@@H](C)C(=O)O)c(Cl)cc2C#N)c1C. The van der Waals surface area contributed by atoms with E-state index in [1.165, 1.54) is 19.1 Å². The fourth-order valence-electron chi connectivity index (χ4n) is 2.03. The molecule has 0 aliphatic carbocycles. The topological polar surface area (TPSA) is 97.4 Å². The number of aromatic nitrogens is 2. The van der Waals surface area contributed by atoms with Crippen LogP contribution in [0.4, 0.5) is 0 Å². The molecule has 1 aromatic heterocycles. The van der Waals surface area contributed by atoms with Crippen molar-refractivity contribution in [3.05, 3.63) is 34.0 Å². The molecule has 0 saturated carbocycles. The average Bonchev–Trinajstić information content (AvgIpc) is 2.76. The van der Waals surface area contributed by atoms with Gasteiger partial charge >= 0.3 is 5.97 Å². The number of ether oxygens (including phenoxy) is 2. The molecule has 0 aliphatic rings. The second kappa shape index (κ2) is 6.81. The van der Waals surface area contributed by atoms with Crippen molar-refractivity contribution in [2.45, 2.75) is 26.9 Å². The zero-order valence-electron chi connectivity index (χ0n) is 13.6. The van der Waals surface area contributed by atoms with Crippen molar-refractivity contribution in [2.24, 2.45) is 7.05 Å². The molecule has 1 atom stereocenters. The third kappa shape index (κ3) is 3.44. The van der Waals surface area contributed by atoms with Gasteiger partial charge in [0.15, 0.2) is 11.9 Å². The number of hydrogen-bond donors (Lipinski definition) is 1. The Morgan fingerprint density at radius 3 is 2.58 bits per heavy atom. The summed E-state index contributed by atoms with van der Waals surface area (Å²) in [6.07, 6.45) is -1.09. The third-order valence-electron chi connectivity index (χ3n) is 3.47. The number of hydrogen-bond acceptors (Lipinski definition) is 5. The van der Waals surface area contributed by atoms with Crippen LogP contribution in [0.25, 0.3) is 0 Å². The Balaban J connectivity index is 2.45. The maximum Gasteiger partial charge on any atom is 0.344 e. The van der Waals surface area contributed by atoms with Crippen molar-refractivity contribution in [1.82, 2.24) is 9.78 Å². The highest BCUT2D eigenvalue weighted by molar-refractivity contribution is 6.32. The highest BCUT2D eigenvalue weighted by Gasteiger charge is 2.19. The van der Waals surface area contributed by atoms with Crippen LogP contribution in [-0.4, -0.2) is 27.0 Å². The zero-order valence-corrected chi connectivity index (χ0v) is 14.4. The normalized spacial score (nSPS) is 11.7. The predicted molar refractivity (Wildman–Crippen MR) is 86.6 cm³/mol. The van der Waals surface area contributed by atoms with Gasteiger partial charge in [0.05, 0.1) is 16.3 Å². The van der Waals surface area contributed by atoms with E-state index in [0.29, 0.717) is 5.88 Å². The van der Waals surface area contributed by atoms with Gasteiger partial charge < -0.3 is 14.6 Å². The van der Waals surface area contributed by atoms with Crippen LogP contribution in [0.1, 0.15) is 23.7 Å². The molecule has 1 N–H and O–H groups in total. The van der Waals surface area contributed by atoms with E-state index in [0.717, 1.165) is 11.3 Å². The van der Waals surface area contributed by atoms with Gasteiger partial charge in [-0.2, -0.15) is 10.4 Å². The summed E-state index contributed by atoms with van der Waals surface area (Å²) in [5.74, 6) is -0.322. The van der Waals surface area contributed by atoms with Gasteiger partial charge in [-0.3, -0.25) is 0 Å². The molecule has 0 radical (unpaired) electrons. The van der Waals surface area contributed by atoms with Crippen LogP contribution < -0.4 is 9.47 Å². The van der Waals surface area contributed by atoms with Gasteiger partial charge in [-0.25, -0.2) is 9.48 Å². The summed E-state index contributed by atoms with van der Waals surface area (Å²) >= 11 is 6.06. The van der Waals surface area contributed by atoms with E-state index in [1.807, 2.05) is 19.9 Å². The first-order chi connectivity index (χ1) is 11.2. The number of aryl methyl sites for hydroxylation is 2. The van der Waals surface area contributed by atoms with Gasteiger partial charge in [0.2, 0.25) is 5.88 Å². The maximum atomic E-state index is 10.9. The van der Waals surface area contributed by atoms with Crippen molar-refractivity contribution < 1.29 is 19.4 Å². The Labute approximate surface area is 144 Å². The van der Waals surface area contributed by atoms with Crippen LogP contribution in [0.5, 0.6) is 17.4 Å². The lowest BCUT2D eigenvalue weighted by atomic mass is 10.2. The molecule has 1 aromatic carbocycles. The Hall–Kier alpha value is -2.72. The second-order valence-corrected chi connectivity index (χ2v) is 5.64. The quantitative estimate of drug-likeness (QED) is 0.890. The van der Waals surface area contributed by atoms with Crippen LogP contribution in [0, 0.1) is 25.2 Å². The lowest BCUT2D eigenvalue weighted by Crippen LogP contribution is -2.23. The Morgan fingerprint density at radius 2 is 2.08 bits per heavy atom. The van der Waals surface area contributed by atoms with Crippen LogP contribution >= 0.6 is 11.6 Å². The summed E-state index contributed by atoms with van der Waals surface area (Å²) in [5, 5.41) is 22.6. The first-order valence-electron chi connectivity index (χ1n) is 7.05. The molecule has 0 saturated heterocycles. The van der Waals surface area contributed by atoms with E-state index in [1.54, 1.807) is 11.7 Å². The summed E-state index contributed by atoms with van der Waals surface area (Å²) in [7, 11) is 1.72. The first kappa shape index (κ1) is 17.6. The molecular weight excluding hydrogens is 334 g/mol. The number of carboxylic acids is 1. The van der Waals surface area contributed by atoms with E-state index < -0.39 is 12.1 Å². The van der Waals surface area contributed by atoms with Crippen molar-refractivity contribution in [1.29, 1.82) is 5.26 Å². The predicted octanol–water partition coefficient (Wildman–Crippen LogP) is 3.21. The smallest absolute Gasteiger partial charge is 0.344 e. The lowest BCUT2D eigenvalue weighted by molar-refractivity contribution is -0.144. The Morgan fingerprint density at radius 1 is 1.42 bits per heavy atom. The molecule has 0 aliphatic heterocycles. The van der Waals surface area contributed by atoms with E-state index >= 15 is 0 Å². The molecule has 7 nitrogen and oxygen atoms in total. The molecule has 1 heterocycles. The fourth-order valence-corrected chi connectivity index (χ4v) is 2.24. The highest BCUT2D eigenvalue weighted by atomic mass is 35.5. The van der Waals surface area contributed by atoms with E-state index in [4.69, 9.17) is 26.2 Å². The molecule has 24 heavy (non-hydrogen) atoms. The van der Waals surface area contributed by atoms with Crippen LogP contribution in [0.2, 0.25) is 5.02 Å². The van der Waals surface area contributed by atoms with Gasteiger partial charge in [-0.15, -0.1) is 0 Å². The van der Waals surface area contributed by atoms with Crippen molar-refractivity contribution >= 4 is 17.6 Å². The number of rotatable bonds is 5. The first-order valence-corrected chi connectivity index (χ1v) is 7.43. The standard InChI is InChI=1S/C16H16ClN3O4/c1-8-9(2)19-20(4)15(8)24-13-6-14(23-10(3)16(21)22)12(17)5-11(13)7-18/h5-6,10H,1-4H3,(H,21,22)/t10-/m0/s1. The van der Waals surface area contributed by atoms with Gasteiger partial charge in [0, 0.05) is 18.7 Å². The molecule has 2 aromatic rings. The molecule has 0 bridgehead atoms. The summed E-state index contributed by atoms with van der Waals surface area (Å²) < 4.78 is 12.7. The lowest BCUT2D eigenvalue weighted by Gasteiger charge is -2.15. The van der Waals surface area contributed by atoms with Gasteiger partial charge in [0.1, 0.15) is 11.8 Å². The fraction of sp³-hybridized carbons (Fsp3) is 0.312. The highest BCUT2D eigenvalue weighted by Crippen LogP contribution is 2.36. The zero-order chi connectivity index (χ0) is 18.0. The van der Waals surface area contributed by atoms with Gasteiger partial charge in [-0.1, -0.05) is 11.6 Å². The molecular formula is C16H16ClN3O4. The number of benzene rings is 1. The number of carboxylic acid groups (broad SMARTS) is 1. The van der Waals surface area contributed by atoms with E-state index in [9.17, 15) is 10.1 Å². The molecule has 0 unspecified atom stereocenters. The van der Waals surface area contributed by atoms with Crippen molar-refractivity contribution in [3.8, 4) is 23.4 Å². The molecule has 8 heteroatoms. The Bertz CT molecular complexity index is 839. The summed E-state index contributed by atoms with van der Waals surface area (Å²) in [6.45, 7) is 5.08. The number of halogens is 1. The largest absolute Gasteiger partial charge is 0.479 e. The molecule has 0 spiro atoms. The monoisotopic (exact) mass is 349 g/mol. The Kier molecular flexibility index (Phi) is 5.00.